The van der Waals surface area contributed by atoms with Gasteiger partial charge in [-0.1, -0.05) is 29.8 Å². The summed E-state index contributed by atoms with van der Waals surface area (Å²) in [6.45, 7) is 0. The van der Waals surface area contributed by atoms with Crippen LogP contribution in [0.1, 0.15) is 0 Å². The van der Waals surface area contributed by atoms with Gasteiger partial charge in [0.25, 0.3) is 11.3 Å². The fourth-order valence-electron chi connectivity index (χ4n) is 2.38. The van der Waals surface area contributed by atoms with Crippen molar-refractivity contribution in [1.82, 2.24) is 24.6 Å². The number of rotatable bonds is 1. The van der Waals surface area contributed by atoms with Crippen LogP contribution in [0.15, 0.2) is 47.7 Å². The van der Waals surface area contributed by atoms with E-state index in [1.165, 1.54) is 10.8 Å². The molecule has 0 aliphatic carbocycles. The van der Waals surface area contributed by atoms with E-state index in [-0.39, 0.29) is 5.56 Å². The highest BCUT2D eigenvalue weighted by Crippen LogP contribution is 2.30. The predicted octanol–water partition coefficient (Wildman–Crippen LogP) is 2.29. The van der Waals surface area contributed by atoms with Gasteiger partial charge in [-0.25, -0.2) is 4.98 Å². The number of nitrogens with one attached hydrogen (secondary N) is 1. The highest BCUT2D eigenvalue weighted by Gasteiger charge is 2.17. The summed E-state index contributed by atoms with van der Waals surface area (Å²) in [6.07, 6.45) is 2.96. The summed E-state index contributed by atoms with van der Waals surface area (Å²) < 4.78 is 1.53. The zero-order valence-corrected chi connectivity index (χ0v) is 11.4. The van der Waals surface area contributed by atoms with Gasteiger partial charge in [0.2, 0.25) is 0 Å². The van der Waals surface area contributed by atoms with E-state index in [1.807, 2.05) is 18.2 Å². The Morgan fingerprint density at radius 3 is 2.90 bits per heavy atom. The predicted molar refractivity (Wildman–Crippen MR) is 79.4 cm³/mol. The number of hydrogen-bond acceptors (Lipinski definition) is 4. The van der Waals surface area contributed by atoms with E-state index in [0.29, 0.717) is 33.0 Å². The molecule has 0 amide bonds. The Labute approximate surface area is 123 Å². The maximum atomic E-state index is 12.2. The lowest BCUT2D eigenvalue weighted by Crippen LogP contribution is -2.10. The molecule has 102 valence electrons. The highest BCUT2D eigenvalue weighted by atomic mass is 35.5. The van der Waals surface area contributed by atoms with Crippen LogP contribution in [0.4, 0.5) is 0 Å². The van der Waals surface area contributed by atoms with E-state index in [2.05, 4.69) is 20.1 Å². The monoisotopic (exact) mass is 297 g/mol. The number of aromatic nitrogens is 5. The normalized spacial score (nSPS) is 11.3. The third kappa shape index (κ3) is 1.73. The van der Waals surface area contributed by atoms with Crippen LogP contribution in [0.5, 0.6) is 0 Å². The summed E-state index contributed by atoms with van der Waals surface area (Å²) in [7, 11) is 0. The number of benzene rings is 1. The third-order valence-electron chi connectivity index (χ3n) is 3.27. The lowest BCUT2D eigenvalue weighted by atomic mass is 10.1. The Kier molecular flexibility index (Phi) is 2.52. The summed E-state index contributed by atoms with van der Waals surface area (Å²) in [5.41, 5.74) is 1.60. The van der Waals surface area contributed by atoms with Crippen LogP contribution in [-0.4, -0.2) is 24.6 Å². The molecule has 1 aromatic carbocycles. The van der Waals surface area contributed by atoms with Gasteiger partial charge in [-0.2, -0.15) is 14.6 Å². The van der Waals surface area contributed by atoms with Gasteiger partial charge in [0.1, 0.15) is 6.33 Å². The van der Waals surface area contributed by atoms with Crippen LogP contribution < -0.4 is 5.56 Å². The van der Waals surface area contributed by atoms with Crippen molar-refractivity contribution in [2.45, 2.75) is 0 Å². The molecule has 0 fully saturated rings. The molecule has 0 spiro atoms. The van der Waals surface area contributed by atoms with Gasteiger partial charge < -0.3 is 4.98 Å². The smallest absolute Gasteiger partial charge is 0.259 e. The summed E-state index contributed by atoms with van der Waals surface area (Å²) in [5.74, 6) is 0.419. The van der Waals surface area contributed by atoms with Crippen molar-refractivity contribution in [3.05, 3.63) is 58.2 Å². The van der Waals surface area contributed by atoms with E-state index in [0.717, 1.165) is 0 Å². The number of hydrogen-bond donors (Lipinski definition) is 1. The first kappa shape index (κ1) is 12.0. The first-order chi connectivity index (χ1) is 10.3. The molecular weight excluding hydrogens is 290 g/mol. The zero-order valence-electron chi connectivity index (χ0n) is 10.6. The molecule has 0 saturated carbocycles. The van der Waals surface area contributed by atoms with Crippen molar-refractivity contribution >= 4 is 28.3 Å². The first-order valence-electron chi connectivity index (χ1n) is 6.22. The Morgan fingerprint density at radius 1 is 1.19 bits per heavy atom. The largest absolute Gasteiger partial charge is 0.328 e. The van der Waals surface area contributed by atoms with Crippen molar-refractivity contribution < 1.29 is 0 Å². The van der Waals surface area contributed by atoms with Crippen LogP contribution in [0.25, 0.3) is 27.9 Å². The number of aromatic amines is 1. The SMILES string of the molecule is O=c1[nH]ccc2nc3ncnn3c(-c3ccccc3Cl)c12. The van der Waals surface area contributed by atoms with Gasteiger partial charge in [-0.15, -0.1) is 0 Å². The molecular formula is C14H8ClN5O. The Bertz CT molecular complexity index is 1040. The number of nitrogens with zero attached hydrogens (tertiary/aromatic N) is 4. The minimum Gasteiger partial charge on any atom is -0.328 e. The molecule has 0 atom stereocenters. The third-order valence-corrected chi connectivity index (χ3v) is 3.60. The van der Waals surface area contributed by atoms with E-state index >= 15 is 0 Å². The molecule has 0 unspecified atom stereocenters. The summed E-state index contributed by atoms with van der Waals surface area (Å²) in [4.78, 5) is 23.4. The van der Waals surface area contributed by atoms with Gasteiger partial charge in [0.15, 0.2) is 0 Å². The number of fused-ring (bicyclic) bond motifs is 2. The quantitative estimate of drug-likeness (QED) is 0.585. The van der Waals surface area contributed by atoms with Crippen LogP contribution >= 0.6 is 11.6 Å². The lowest BCUT2D eigenvalue weighted by Gasteiger charge is -2.09. The summed E-state index contributed by atoms with van der Waals surface area (Å²) >= 11 is 6.28. The number of halogens is 1. The topological polar surface area (TPSA) is 75.9 Å². The van der Waals surface area contributed by atoms with Gasteiger partial charge in [-0.3, -0.25) is 4.79 Å². The van der Waals surface area contributed by atoms with E-state index < -0.39 is 0 Å². The number of H-pyrrole nitrogens is 1. The number of pyridine rings is 1. The maximum absolute atomic E-state index is 12.2. The van der Waals surface area contributed by atoms with Crippen molar-refractivity contribution in [1.29, 1.82) is 0 Å². The second kappa shape index (κ2) is 4.39. The molecule has 3 aromatic heterocycles. The lowest BCUT2D eigenvalue weighted by molar-refractivity contribution is 0.958. The fraction of sp³-hybridized carbons (Fsp3) is 0. The van der Waals surface area contributed by atoms with Gasteiger partial charge in [-0.05, 0) is 12.1 Å². The van der Waals surface area contributed by atoms with E-state index in [9.17, 15) is 4.79 Å². The molecule has 21 heavy (non-hydrogen) atoms. The average molecular weight is 298 g/mol. The molecule has 4 rings (SSSR count). The Hall–Kier alpha value is -2.73. The molecule has 0 aliphatic heterocycles. The van der Waals surface area contributed by atoms with Gasteiger partial charge in [0, 0.05) is 16.8 Å². The van der Waals surface area contributed by atoms with Gasteiger partial charge >= 0.3 is 0 Å². The van der Waals surface area contributed by atoms with Crippen LogP contribution in [0.3, 0.4) is 0 Å². The van der Waals surface area contributed by atoms with Crippen LogP contribution in [-0.2, 0) is 0 Å². The first-order valence-corrected chi connectivity index (χ1v) is 6.59. The molecule has 0 radical (unpaired) electrons. The van der Waals surface area contributed by atoms with Crippen molar-refractivity contribution in [3.8, 4) is 11.3 Å². The van der Waals surface area contributed by atoms with Crippen LogP contribution in [0, 0.1) is 0 Å². The van der Waals surface area contributed by atoms with E-state index in [1.54, 1.807) is 18.3 Å². The molecule has 3 heterocycles. The van der Waals surface area contributed by atoms with Gasteiger partial charge in [0.05, 0.1) is 16.6 Å². The van der Waals surface area contributed by atoms with Crippen molar-refractivity contribution in [2.75, 3.05) is 0 Å². The van der Waals surface area contributed by atoms with Crippen LogP contribution in [0.2, 0.25) is 5.02 Å². The minimum absolute atomic E-state index is 0.243. The second-order valence-electron chi connectivity index (χ2n) is 4.48. The molecule has 0 bridgehead atoms. The van der Waals surface area contributed by atoms with Crippen molar-refractivity contribution in [3.63, 3.8) is 0 Å². The average Bonchev–Trinajstić information content (AvgIpc) is 2.94. The summed E-state index contributed by atoms with van der Waals surface area (Å²) in [6, 6.07) is 9.02. The standard InChI is InChI=1S/C14H8ClN5O/c15-9-4-2-1-3-8(9)12-11-10(5-6-16-13(11)21)19-14-17-7-18-20(12)14/h1-7H,(H,16,21). The molecule has 1 N–H and O–H groups in total. The van der Waals surface area contributed by atoms with E-state index in [4.69, 9.17) is 11.6 Å². The Balaban J connectivity index is 2.31. The highest BCUT2D eigenvalue weighted by molar-refractivity contribution is 6.33. The molecule has 0 aliphatic rings. The second-order valence-corrected chi connectivity index (χ2v) is 4.89. The summed E-state index contributed by atoms with van der Waals surface area (Å²) in [5, 5.41) is 5.13. The van der Waals surface area contributed by atoms with Crippen molar-refractivity contribution in [2.24, 2.45) is 0 Å². The molecule has 0 saturated heterocycles. The zero-order chi connectivity index (χ0) is 14.4. The minimum atomic E-state index is -0.243. The maximum Gasteiger partial charge on any atom is 0.259 e. The fourth-order valence-corrected chi connectivity index (χ4v) is 2.60. The molecule has 7 heteroatoms. The molecule has 4 aromatic rings. The molecule has 6 nitrogen and oxygen atoms in total. The Morgan fingerprint density at radius 2 is 2.05 bits per heavy atom.